The summed E-state index contributed by atoms with van der Waals surface area (Å²) in [6.07, 6.45) is -3.77. The predicted octanol–water partition coefficient (Wildman–Crippen LogP) is 2.70. The lowest BCUT2D eigenvalue weighted by atomic mass is 10.3. The van der Waals surface area contributed by atoms with Crippen LogP contribution in [-0.4, -0.2) is 50.9 Å². The highest BCUT2D eigenvalue weighted by Gasteiger charge is 2.28. The Morgan fingerprint density at radius 2 is 2.09 bits per heavy atom. The zero-order chi connectivity index (χ0) is 16.6. The van der Waals surface area contributed by atoms with Gasteiger partial charge < -0.3 is 15.4 Å². The van der Waals surface area contributed by atoms with Crippen molar-refractivity contribution in [3.63, 3.8) is 0 Å². The molecule has 0 bridgehead atoms. The Hall–Kier alpha value is -1.96. The van der Waals surface area contributed by atoms with Gasteiger partial charge >= 0.3 is 12.2 Å². The second-order valence-corrected chi connectivity index (χ2v) is 4.82. The Kier molecular flexibility index (Phi) is 6.97. The number of carbonyl (C=O) groups is 1. The molecule has 8 heteroatoms. The molecule has 0 aromatic heterocycles. The number of halogens is 3. The monoisotopic (exact) mass is 319 g/mol. The van der Waals surface area contributed by atoms with Gasteiger partial charge in [-0.25, -0.2) is 4.79 Å². The molecule has 0 saturated heterocycles. The van der Waals surface area contributed by atoms with Crippen molar-refractivity contribution in [2.75, 3.05) is 39.1 Å². The van der Waals surface area contributed by atoms with Crippen molar-refractivity contribution < 1.29 is 22.7 Å². The Balaban J connectivity index is 2.23. The highest BCUT2D eigenvalue weighted by Crippen LogP contribution is 2.16. The van der Waals surface area contributed by atoms with E-state index in [1.54, 1.807) is 24.3 Å². The number of carbonyl (C=O) groups excluding carboxylic acids is 1. The summed E-state index contributed by atoms with van der Waals surface area (Å²) < 4.78 is 41.4. The summed E-state index contributed by atoms with van der Waals surface area (Å²) >= 11 is 0. The minimum Gasteiger partial charge on any atom is -0.497 e. The maximum absolute atomic E-state index is 12.1. The number of benzene rings is 1. The standard InChI is InChI=1S/C14H20F3N3O2/c1-20(10-14(15,16)17)8-4-7-18-13(21)19-11-5-3-6-12(9-11)22-2/h3,5-6,9H,4,7-8,10H2,1-2H3,(H2,18,19,21). The third-order valence-electron chi connectivity index (χ3n) is 2.78. The minimum absolute atomic E-state index is 0.249. The molecular weight excluding hydrogens is 299 g/mol. The highest BCUT2D eigenvalue weighted by atomic mass is 19.4. The first kappa shape index (κ1) is 18.1. The summed E-state index contributed by atoms with van der Waals surface area (Å²) in [6, 6.07) is 6.45. The van der Waals surface area contributed by atoms with Crippen LogP contribution in [0.15, 0.2) is 24.3 Å². The van der Waals surface area contributed by atoms with E-state index in [2.05, 4.69) is 10.6 Å². The van der Waals surface area contributed by atoms with Crippen molar-refractivity contribution in [1.29, 1.82) is 0 Å². The van der Waals surface area contributed by atoms with Crippen LogP contribution in [-0.2, 0) is 0 Å². The lowest BCUT2D eigenvalue weighted by Gasteiger charge is -2.18. The van der Waals surface area contributed by atoms with E-state index in [1.807, 2.05) is 0 Å². The number of rotatable bonds is 7. The van der Waals surface area contributed by atoms with Crippen LogP contribution in [0.5, 0.6) is 5.75 Å². The number of ether oxygens (including phenoxy) is 1. The van der Waals surface area contributed by atoms with E-state index in [-0.39, 0.29) is 13.1 Å². The molecule has 0 aliphatic carbocycles. The topological polar surface area (TPSA) is 53.6 Å². The Morgan fingerprint density at radius 3 is 2.73 bits per heavy atom. The van der Waals surface area contributed by atoms with Gasteiger partial charge in [-0.1, -0.05) is 6.07 Å². The summed E-state index contributed by atoms with van der Waals surface area (Å²) in [4.78, 5) is 12.8. The van der Waals surface area contributed by atoms with Crippen molar-refractivity contribution >= 4 is 11.7 Å². The highest BCUT2D eigenvalue weighted by molar-refractivity contribution is 5.89. The van der Waals surface area contributed by atoms with Crippen LogP contribution >= 0.6 is 0 Å². The number of alkyl halides is 3. The first-order valence-corrected chi connectivity index (χ1v) is 6.74. The molecule has 0 heterocycles. The van der Waals surface area contributed by atoms with Crippen LogP contribution in [0.2, 0.25) is 0 Å². The van der Waals surface area contributed by atoms with Crippen LogP contribution in [0.25, 0.3) is 0 Å². The Morgan fingerprint density at radius 1 is 1.36 bits per heavy atom. The molecule has 22 heavy (non-hydrogen) atoms. The minimum atomic E-state index is -4.20. The number of anilines is 1. The second kappa shape index (κ2) is 8.47. The van der Waals surface area contributed by atoms with Gasteiger partial charge in [-0.3, -0.25) is 4.90 Å². The molecule has 5 nitrogen and oxygen atoms in total. The molecular formula is C14H20F3N3O2. The van der Waals surface area contributed by atoms with Crippen molar-refractivity contribution in [3.05, 3.63) is 24.3 Å². The van der Waals surface area contributed by atoms with Gasteiger partial charge in [0.05, 0.1) is 13.7 Å². The van der Waals surface area contributed by atoms with Gasteiger partial charge in [0.1, 0.15) is 5.75 Å². The fraction of sp³-hybridized carbons (Fsp3) is 0.500. The van der Waals surface area contributed by atoms with Crippen LogP contribution in [0.4, 0.5) is 23.7 Å². The fourth-order valence-electron chi connectivity index (χ4n) is 1.81. The molecule has 1 rings (SSSR count). The SMILES string of the molecule is COc1cccc(NC(=O)NCCCN(C)CC(F)(F)F)c1. The van der Waals surface area contributed by atoms with Crippen molar-refractivity contribution in [1.82, 2.24) is 10.2 Å². The smallest absolute Gasteiger partial charge is 0.401 e. The number of urea groups is 1. The maximum atomic E-state index is 12.1. The molecule has 2 amide bonds. The van der Waals surface area contributed by atoms with E-state index in [1.165, 1.54) is 19.1 Å². The maximum Gasteiger partial charge on any atom is 0.401 e. The number of hydrogen-bond acceptors (Lipinski definition) is 3. The van der Waals surface area contributed by atoms with Crippen molar-refractivity contribution in [3.8, 4) is 5.75 Å². The molecule has 0 aliphatic heterocycles. The Labute approximate surface area is 127 Å². The van der Waals surface area contributed by atoms with E-state index < -0.39 is 18.8 Å². The molecule has 124 valence electrons. The second-order valence-electron chi connectivity index (χ2n) is 4.82. The van der Waals surface area contributed by atoms with Crippen molar-refractivity contribution in [2.45, 2.75) is 12.6 Å². The summed E-state index contributed by atoms with van der Waals surface area (Å²) in [7, 11) is 2.92. The zero-order valence-corrected chi connectivity index (χ0v) is 12.5. The average Bonchev–Trinajstić information content (AvgIpc) is 2.42. The molecule has 0 radical (unpaired) electrons. The fourth-order valence-corrected chi connectivity index (χ4v) is 1.81. The van der Waals surface area contributed by atoms with Gasteiger partial charge in [-0.05, 0) is 32.1 Å². The quantitative estimate of drug-likeness (QED) is 0.760. The van der Waals surface area contributed by atoms with E-state index in [9.17, 15) is 18.0 Å². The third kappa shape index (κ3) is 7.72. The van der Waals surface area contributed by atoms with E-state index in [4.69, 9.17) is 4.74 Å². The molecule has 0 saturated carbocycles. The number of hydrogen-bond donors (Lipinski definition) is 2. The van der Waals surface area contributed by atoms with Crippen LogP contribution in [0.3, 0.4) is 0 Å². The first-order chi connectivity index (χ1) is 10.3. The number of amides is 2. The van der Waals surface area contributed by atoms with Gasteiger partial charge in [0, 0.05) is 18.3 Å². The summed E-state index contributed by atoms with van der Waals surface area (Å²) in [5.74, 6) is 0.617. The van der Waals surface area contributed by atoms with E-state index in [0.29, 0.717) is 17.9 Å². The van der Waals surface area contributed by atoms with E-state index in [0.717, 1.165) is 0 Å². The van der Waals surface area contributed by atoms with Gasteiger partial charge in [0.15, 0.2) is 0 Å². The summed E-state index contributed by atoms with van der Waals surface area (Å²) in [6.45, 7) is -0.417. The first-order valence-electron chi connectivity index (χ1n) is 6.74. The van der Waals surface area contributed by atoms with Crippen LogP contribution < -0.4 is 15.4 Å². The van der Waals surface area contributed by atoms with Gasteiger partial charge in [-0.2, -0.15) is 13.2 Å². The number of nitrogens with zero attached hydrogens (tertiary/aromatic N) is 1. The van der Waals surface area contributed by atoms with Gasteiger partial charge in [0.2, 0.25) is 0 Å². The number of nitrogens with one attached hydrogen (secondary N) is 2. The molecule has 0 atom stereocenters. The number of methoxy groups -OCH3 is 1. The summed E-state index contributed by atoms with van der Waals surface area (Å²) in [5, 5.41) is 5.21. The normalized spacial score (nSPS) is 11.4. The molecule has 1 aromatic carbocycles. The molecule has 0 spiro atoms. The third-order valence-corrected chi connectivity index (χ3v) is 2.78. The average molecular weight is 319 g/mol. The Bertz CT molecular complexity index is 481. The summed E-state index contributed by atoms with van der Waals surface area (Å²) in [5.41, 5.74) is 0.575. The van der Waals surface area contributed by atoms with Gasteiger partial charge in [-0.15, -0.1) is 0 Å². The van der Waals surface area contributed by atoms with Crippen molar-refractivity contribution in [2.24, 2.45) is 0 Å². The van der Waals surface area contributed by atoms with Crippen LogP contribution in [0, 0.1) is 0 Å². The molecule has 0 unspecified atom stereocenters. The lowest BCUT2D eigenvalue weighted by molar-refractivity contribution is -0.143. The molecule has 2 N–H and O–H groups in total. The zero-order valence-electron chi connectivity index (χ0n) is 12.5. The predicted molar refractivity (Wildman–Crippen MR) is 78.2 cm³/mol. The molecule has 0 aliphatic rings. The van der Waals surface area contributed by atoms with Crippen LogP contribution in [0.1, 0.15) is 6.42 Å². The molecule has 0 fully saturated rings. The van der Waals surface area contributed by atoms with Gasteiger partial charge in [0.25, 0.3) is 0 Å². The largest absolute Gasteiger partial charge is 0.497 e. The lowest BCUT2D eigenvalue weighted by Crippen LogP contribution is -2.34. The molecule has 1 aromatic rings. The van der Waals surface area contributed by atoms with E-state index >= 15 is 0 Å².